The van der Waals surface area contributed by atoms with Gasteiger partial charge in [0.15, 0.2) is 0 Å². The van der Waals surface area contributed by atoms with Crippen LogP contribution in [0, 0.1) is 5.92 Å². The Morgan fingerprint density at radius 2 is 2.13 bits per heavy atom. The van der Waals surface area contributed by atoms with Gasteiger partial charge in [-0.2, -0.15) is 0 Å². The minimum atomic E-state index is 0.816. The summed E-state index contributed by atoms with van der Waals surface area (Å²) in [5.41, 5.74) is 0. The van der Waals surface area contributed by atoms with Gasteiger partial charge in [0.25, 0.3) is 0 Å². The molecule has 1 unspecified atom stereocenters. The Hall–Kier alpha value is -1.05. The predicted molar refractivity (Wildman–Crippen MR) is 66.2 cm³/mol. The van der Waals surface area contributed by atoms with Gasteiger partial charge in [-0.25, -0.2) is 4.98 Å². The van der Waals surface area contributed by atoms with Crippen molar-refractivity contribution < 1.29 is 0 Å². The topological polar surface area (TPSA) is 16.1 Å². The van der Waals surface area contributed by atoms with Gasteiger partial charge in [0.05, 0.1) is 0 Å². The summed E-state index contributed by atoms with van der Waals surface area (Å²) in [5.74, 6) is 1.95. The van der Waals surface area contributed by atoms with Gasteiger partial charge in [-0.05, 0) is 30.9 Å². The first-order chi connectivity index (χ1) is 7.36. The first kappa shape index (κ1) is 12.0. The quantitative estimate of drug-likeness (QED) is 0.700. The molecule has 0 spiro atoms. The molecule has 0 saturated carbocycles. The number of nitrogens with zero attached hydrogens (tertiary/aromatic N) is 2. The van der Waals surface area contributed by atoms with E-state index in [-0.39, 0.29) is 0 Å². The second-order valence-corrected chi connectivity index (χ2v) is 3.88. The van der Waals surface area contributed by atoms with Gasteiger partial charge in [0.2, 0.25) is 0 Å². The number of piperidine rings is 1. The lowest BCUT2D eigenvalue weighted by Gasteiger charge is -2.31. The summed E-state index contributed by atoms with van der Waals surface area (Å²) < 4.78 is 0. The molecule has 2 nitrogen and oxygen atoms in total. The van der Waals surface area contributed by atoms with Crippen LogP contribution in [0.2, 0.25) is 0 Å². The predicted octanol–water partition coefficient (Wildman–Crippen LogP) is 3.34. The van der Waals surface area contributed by atoms with E-state index in [0.717, 1.165) is 18.3 Å². The maximum absolute atomic E-state index is 4.36. The highest BCUT2D eigenvalue weighted by molar-refractivity contribution is 5.37. The van der Waals surface area contributed by atoms with E-state index in [9.17, 15) is 0 Å². The van der Waals surface area contributed by atoms with Crippen LogP contribution in [-0.2, 0) is 0 Å². The highest BCUT2D eigenvalue weighted by atomic mass is 15.2. The molecule has 1 aromatic heterocycles. The molecule has 2 heterocycles. The van der Waals surface area contributed by atoms with E-state index < -0.39 is 0 Å². The summed E-state index contributed by atoms with van der Waals surface area (Å²) in [6.45, 7) is 8.65. The third kappa shape index (κ3) is 3.54. The van der Waals surface area contributed by atoms with Gasteiger partial charge in [0.1, 0.15) is 5.82 Å². The van der Waals surface area contributed by atoms with Crippen LogP contribution in [-0.4, -0.2) is 18.1 Å². The molecular weight excluding hydrogens is 184 g/mol. The Bertz CT molecular complexity index is 258. The fraction of sp³-hybridized carbons (Fsp3) is 0.615. The van der Waals surface area contributed by atoms with Crippen LogP contribution in [0.3, 0.4) is 0 Å². The van der Waals surface area contributed by atoms with Crippen LogP contribution in [0.25, 0.3) is 0 Å². The molecule has 0 N–H and O–H groups in total. The highest BCUT2D eigenvalue weighted by Crippen LogP contribution is 2.20. The summed E-state index contributed by atoms with van der Waals surface area (Å²) in [6.07, 6.45) is 4.54. The van der Waals surface area contributed by atoms with E-state index in [0.29, 0.717) is 0 Å². The molecular formula is C13H22N2. The fourth-order valence-electron chi connectivity index (χ4n) is 1.94. The largest absolute Gasteiger partial charge is 0.356 e. The fourth-order valence-corrected chi connectivity index (χ4v) is 1.94. The minimum Gasteiger partial charge on any atom is -0.356 e. The van der Waals surface area contributed by atoms with E-state index >= 15 is 0 Å². The van der Waals surface area contributed by atoms with E-state index in [4.69, 9.17) is 0 Å². The van der Waals surface area contributed by atoms with Gasteiger partial charge >= 0.3 is 0 Å². The third-order valence-corrected chi connectivity index (χ3v) is 2.63. The van der Waals surface area contributed by atoms with Gasteiger partial charge in [-0.15, -0.1) is 0 Å². The third-order valence-electron chi connectivity index (χ3n) is 2.63. The highest BCUT2D eigenvalue weighted by Gasteiger charge is 2.16. The second-order valence-electron chi connectivity index (χ2n) is 3.88. The SMILES string of the molecule is CC.CC1CCCN(c2ccccn2)C1. The number of hydrogen-bond donors (Lipinski definition) is 0. The van der Waals surface area contributed by atoms with E-state index in [1.807, 2.05) is 26.1 Å². The van der Waals surface area contributed by atoms with Crippen LogP contribution >= 0.6 is 0 Å². The molecule has 1 aliphatic heterocycles. The monoisotopic (exact) mass is 206 g/mol. The number of pyridine rings is 1. The normalized spacial score (nSPS) is 20.5. The molecule has 1 fully saturated rings. The molecule has 1 aromatic rings. The minimum absolute atomic E-state index is 0.816. The Kier molecular flexibility index (Phi) is 5.16. The van der Waals surface area contributed by atoms with Crippen molar-refractivity contribution in [3.63, 3.8) is 0 Å². The number of aromatic nitrogens is 1. The van der Waals surface area contributed by atoms with Crippen molar-refractivity contribution in [2.45, 2.75) is 33.6 Å². The van der Waals surface area contributed by atoms with E-state index in [2.05, 4.69) is 28.9 Å². The average Bonchev–Trinajstić information content (AvgIpc) is 2.33. The summed E-state index contributed by atoms with van der Waals surface area (Å²) in [5, 5.41) is 0. The maximum atomic E-state index is 4.36. The summed E-state index contributed by atoms with van der Waals surface area (Å²) in [4.78, 5) is 6.75. The second kappa shape index (κ2) is 6.44. The van der Waals surface area contributed by atoms with Gasteiger partial charge in [-0.1, -0.05) is 26.8 Å². The van der Waals surface area contributed by atoms with Crippen LogP contribution in [0.5, 0.6) is 0 Å². The van der Waals surface area contributed by atoms with Crippen molar-refractivity contribution in [1.29, 1.82) is 0 Å². The Balaban J connectivity index is 0.000000531. The molecule has 1 aliphatic rings. The molecule has 0 aromatic carbocycles. The summed E-state index contributed by atoms with van der Waals surface area (Å²) in [6, 6.07) is 6.12. The van der Waals surface area contributed by atoms with Crippen molar-refractivity contribution in [2.24, 2.45) is 5.92 Å². The Morgan fingerprint density at radius 3 is 2.73 bits per heavy atom. The molecule has 0 amide bonds. The van der Waals surface area contributed by atoms with Gasteiger partial charge in [0, 0.05) is 19.3 Å². The summed E-state index contributed by atoms with van der Waals surface area (Å²) in [7, 11) is 0. The number of anilines is 1. The molecule has 2 rings (SSSR count). The number of rotatable bonds is 1. The van der Waals surface area contributed by atoms with Crippen LogP contribution in [0.1, 0.15) is 33.6 Å². The first-order valence-corrected chi connectivity index (χ1v) is 6.02. The van der Waals surface area contributed by atoms with Crippen LogP contribution < -0.4 is 4.90 Å². The lowest BCUT2D eigenvalue weighted by atomic mass is 10.0. The van der Waals surface area contributed by atoms with Crippen molar-refractivity contribution >= 4 is 5.82 Å². The van der Waals surface area contributed by atoms with Crippen LogP contribution in [0.15, 0.2) is 24.4 Å². The lowest BCUT2D eigenvalue weighted by molar-refractivity contribution is 0.444. The van der Waals surface area contributed by atoms with Gasteiger partial charge < -0.3 is 4.90 Å². The molecule has 1 atom stereocenters. The molecule has 1 saturated heterocycles. The maximum Gasteiger partial charge on any atom is 0.128 e. The number of hydrogen-bond acceptors (Lipinski definition) is 2. The molecule has 15 heavy (non-hydrogen) atoms. The van der Waals surface area contributed by atoms with Crippen molar-refractivity contribution in [3.05, 3.63) is 24.4 Å². The zero-order valence-corrected chi connectivity index (χ0v) is 10.1. The van der Waals surface area contributed by atoms with Crippen molar-refractivity contribution in [3.8, 4) is 0 Å². The zero-order valence-electron chi connectivity index (χ0n) is 10.1. The summed E-state index contributed by atoms with van der Waals surface area (Å²) >= 11 is 0. The van der Waals surface area contributed by atoms with Crippen molar-refractivity contribution in [2.75, 3.05) is 18.0 Å². The average molecular weight is 206 g/mol. The van der Waals surface area contributed by atoms with Gasteiger partial charge in [-0.3, -0.25) is 0 Å². The molecule has 2 heteroatoms. The molecule has 0 radical (unpaired) electrons. The molecule has 0 aliphatic carbocycles. The smallest absolute Gasteiger partial charge is 0.128 e. The molecule has 84 valence electrons. The van der Waals surface area contributed by atoms with Crippen LogP contribution in [0.4, 0.5) is 5.82 Å². The lowest BCUT2D eigenvalue weighted by Crippen LogP contribution is -2.34. The first-order valence-electron chi connectivity index (χ1n) is 6.02. The Labute approximate surface area is 93.3 Å². The Morgan fingerprint density at radius 1 is 1.33 bits per heavy atom. The van der Waals surface area contributed by atoms with Crippen molar-refractivity contribution in [1.82, 2.24) is 4.98 Å². The molecule has 0 bridgehead atoms. The standard InChI is InChI=1S/C11H16N2.C2H6/c1-10-5-4-8-13(9-10)11-6-2-3-7-12-11;1-2/h2-3,6-7,10H,4-5,8-9H2,1H3;1-2H3. The van der Waals surface area contributed by atoms with E-state index in [1.165, 1.54) is 19.4 Å². The zero-order chi connectivity index (χ0) is 11.1. The van der Waals surface area contributed by atoms with E-state index in [1.54, 1.807) is 0 Å².